The first kappa shape index (κ1) is 18.0. The zero-order valence-electron chi connectivity index (χ0n) is 14.7. The number of aromatic nitrogens is 1. The first-order chi connectivity index (χ1) is 11.4. The molecular formula is C20H26N2O2. The fourth-order valence-corrected chi connectivity index (χ4v) is 2.54. The largest absolute Gasteiger partial charge is 0.465 e. The molecule has 0 radical (unpaired) electrons. The number of nitrogen functional groups attached to an aromatic ring is 1. The van der Waals surface area contributed by atoms with Crippen molar-refractivity contribution in [1.29, 1.82) is 0 Å². The Morgan fingerprint density at radius 2 is 1.96 bits per heavy atom. The molecule has 4 heteroatoms. The second kappa shape index (κ2) is 7.95. The molecule has 2 N–H and O–H groups in total. The molecule has 24 heavy (non-hydrogen) atoms. The van der Waals surface area contributed by atoms with E-state index in [-0.39, 0.29) is 5.97 Å². The lowest BCUT2D eigenvalue weighted by Gasteiger charge is -2.23. The van der Waals surface area contributed by atoms with E-state index in [1.807, 2.05) is 44.2 Å². The number of rotatable bonds is 7. The Labute approximate surface area is 144 Å². The van der Waals surface area contributed by atoms with Crippen LogP contribution in [0.5, 0.6) is 0 Å². The van der Waals surface area contributed by atoms with Crippen molar-refractivity contribution in [3.05, 3.63) is 48.0 Å². The molecule has 0 fully saturated rings. The lowest BCUT2D eigenvalue weighted by atomic mass is 9.85. The molecule has 128 valence electrons. The van der Waals surface area contributed by atoms with E-state index in [1.54, 1.807) is 6.07 Å². The van der Waals surface area contributed by atoms with Gasteiger partial charge < -0.3 is 10.5 Å². The van der Waals surface area contributed by atoms with E-state index >= 15 is 0 Å². The Kier molecular flexibility index (Phi) is 5.96. The maximum absolute atomic E-state index is 12.3. The molecule has 0 saturated heterocycles. The van der Waals surface area contributed by atoms with Gasteiger partial charge in [-0.2, -0.15) is 0 Å². The molecule has 1 aromatic heterocycles. The summed E-state index contributed by atoms with van der Waals surface area (Å²) in [5.41, 5.74) is 8.11. The summed E-state index contributed by atoms with van der Waals surface area (Å²) < 4.78 is 5.38. The smallest absolute Gasteiger partial charge is 0.311 e. The Hall–Kier alpha value is -2.36. The molecule has 0 amide bonds. The summed E-state index contributed by atoms with van der Waals surface area (Å²) >= 11 is 0. The van der Waals surface area contributed by atoms with Crippen molar-refractivity contribution >= 4 is 11.8 Å². The molecule has 0 aliphatic heterocycles. The van der Waals surface area contributed by atoms with Crippen molar-refractivity contribution in [3.8, 4) is 11.3 Å². The van der Waals surface area contributed by atoms with Gasteiger partial charge in [-0.3, -0.25) is 4.79 Å². The van der Waals surface area contributed by atoms with Crippen molar-refractivity contribution in [2.75, 3.05) is 12.3 Å². The Bertz CT molecular complexity index is 696. The number of benzene rings is 1. The minimum atomic E-state index is -0.560. The molecule has 0 unspecified atom stereocenters. The van der Waals surface area contributed by atoms with Crippen molar-refractivity contribution in [2.24, 2.45) is 5.41 Å². The number of pyridine rings is 1. The Balaban J connectivity index is 2.12. The summed E-state index contributed by atoms with van der Waals surface area (Å²) in [6.07, 6.45) is 2.54. The lowest BCUT2D eigenvalue weighted by Crippen LogP contribution is -2.29. The van der Waals surface area contributed by atoms with Gasteiger partial charge in [0.25, 0.3) is 0 Å². The van der Waals surface area contributed by atoms with E-state index in [9.17, 15) is 4.79 Å². The highest BCUT2D eigenvalue weighted by Crippen LogP contribution is 2.26. The number of unbranched alkanes of at least 4 members (excludes halogenated alkanes) is 1. The highest BCUT2D eigenvalue weighted by atomic mass is 16.5. The Morgan fingerprint density at radius 3 is 2.67 bits per heavy atom. The number of ether oxygens (including phenoxy) is 1. The number of nitrogens with two attached hydrogens (primary N) is 1. The molecule has 0 aliphatic carbocycles. The van der Waals surface area contributed by atoms with Crippen molar-refractivity contribution in [1.82, 2.24) is 4.98 Å². The van der Waals surface area contributed by atoms with Gasteiger partial charge in [0.15, 0.2) is 0 Å². The van der Waals surface area contributed by atoms with E-state index in [1.165, 1.54) is 0 Å². The fraction of sp³-hybridized carbons (Fsp3) is 0.400. The number of hydrogen-bond donors (Lipinski definition) is 1. The highest BCUT2D eigenvalue weighted by Gasteiger charge is 2.29. The first-order valence-corrected chi connectivity index (χ1v) is 8.41. The molecule has 0 spiro atoms. The van der Waals surface area contributed by atoms with E-state index in [0.29, 0.717) is 18.8 Å². The van der Waals surface area contributed by atoms with E-state index < -0.39 is 5.41 Å². The normalized spacial score (nSPS) is 11.3. The van der Waals surface area contributed by atoms with Crippen LogP contribution in [0.1, 0.15) is 39.2 Å². The quantitative estimate of drug-likeness (QED) is 0.610. The van der Waals surface area contributed by atoms with Crippen LogP contribution >= 0.6 is 0 Å². The van der Waals surface area contributed by atoms with Crippen LogP contribution in [0.15, 0.2) is 42.5 Å². The summed E-state index contributed by atoms with van der Waals surface area (Å²) in [7, 11) is 0. The molecule has 1 heterocycles. The SMILES string of the molecule is CCCCOC(=O)C(C)(C)Cc1cccc(-c2cccc(N)n2)c1. The second-order valence-corrected chi connectivity index (χ2v) is 6.70. The third kappa shape index (κ3) is 4.82. The summed E-state index contributed by atoms with van der Waals surface area (Å²) in [6.45, 7) is 6.42. The molecule has 1 aromatic carbocycles. The predicted molar refractivity (Wildman–Crippen MR) is 97.4 cm³/mol. The number of carbonyl (C=O) groups is 1. The monoisotopic (exact) mass is 326 g/mol. The molecule has 0 bridgehead atoms. The lowest BCUT2D eigenvalue weighted by molar-refractivity contribution is -0.154. The fourth-order valence-electron chi connectivity index (χ4n) is 2.54. The third-order valence-corrected chi connectivity index (χ3v) is 3.92. The van der Waals surface area contributed by atoms with Gasteiger partial charge in [0.1, 0.15) is 5.82 Å². The molecule has 0 saturated carbocycles. The zero-order chi connectivity index (χ0) is 17.6. The van der Waals surface area contributed by atoms with E-state index in [0.717, 1.165) is 29.7 Å². The van der Waals surface area contributed by atoms with Crippen molar-refractivity contribution < 1.29 is 9.53 Å². The second-order valence-electron chi connectivity index (χ2n) is 6.70. The summed E-state index contributed by atoms with van der Waals surface area (Å²) in [6, 6.07) is 13.6. The highest BCUT2D eigenvalue weighted by molar-refractivity contribution is 5.76. The van der Waals surface area contributed by atoms with Gasteiger partial charge in [-0.1, -0.05) is 37.6 Å². The summed E-state index contributed by atoms with van der Waals surface area (Å²) in [4.78, 5) is 16.6. The van der Waals surface area contributed by atoms with Crippen LogP contribution in [-0.2, 0) is 16.0 Å². The van der Waals surface area contributed by atoms with Crippen LogP contribution < -0.4 is 5.73 Å². The molecule has 0 atom stereocenters. The van der Waals surface area contributed by atoms with Gasteiger partial charge in [0.05, 0.1) is 17.7 Å². The van der Waals surface area contributed by atoms with E-state index in [4.69, 9.17) is 10.5 Å². The third-order valence-electron chi connectivity index (χ3n) is 3.92. The van der Waals surface area contributed by atoms with Crippen molar-refractivity contribution in [2.45, 2.75) is 40.0 Å². The first-order valence-electron chi connectivity index (χ1n) is 8.41. The van der Waals surface area contributed by atoms with Crippen LogP contribution in [-0.4, -0.2) is 17.6 Å². The van der Waals surface area contributed by atoms with Gasteiger partial charge in [-0.05, 0) is 50.5 Å². The number of carbonyl (C=O) groups excluding carboxylic acids is 1. The number of hydrogen-bond acceptors (Lipinski definition) is 4. The van der Waals surface area contributed by atoms with Gasteiger partial charge in [-0.25, -0.2) is 4.98 Å². The standard InChI is InChI=1S/C20H26N2O2/c1-4-5-12-24-19(23)20(2,3)14-15-8-6-9-16(13-15)17-10-7-11-18(21)22-17/h6-11,13H,4-5,12,14H2,1-3H3,(H2,21,22). The molecule has 2 aromatic rings. The van der Waals surface area contributed by atoms with E-state index in [2.05, 4.69) is 18.0 Å². The number of nitrogens with zero attached hydrogens (tertiary/aromatic N) is 1. The van der Waals surface area contributed by atoms with Crippen molar-refractivity contribution in [3.63, 3.8) is 0 Å². The topological polar surface area (TPSA) is 65.2 Å². The van der Waals surface area contributed by atoms with Crippen LogP contribution in [0.2, 0.25) is 0 Å². The number of anilines is 1. The summed E-state index contributed by atoms with van der Waals surface area (Å²) in [5, 5.41) is 0. The molecular weight excluding hydrogens is 300 g/mol. The zero-order valence-corrected chi connectivity index (χ0v) is 14.7. The molecule has 2 rings (SSSR count). The predicted octanol–water partition coefficient (Wildman–Crippen LogP) is 4.24. The number of esters is 1. The van der Waals surface area contributed by atoms with Gasteiger partial charge in [0.2, 0.25) is 0 Å². The van der Waals surface area contributed by atoms with Crippen LogP contribution in [0.25, 0.3) is 11.3 Å². The maximum Gasteiger partial charge on any atom is 0.311 e. The van der Waals surface area contributed by atoms with Gasteiger partial charge in [-0.15, -0.1) is 0 Å². The minimum absolute atomic E-state index is 0.150. The minimum Gasteiger partial charge on any atom is -0.465 e. The van der Waals surface area contributed by atoms with Crippen LogP contribution in [0.4, 0.5) is 5.82 Å². The van der Waals surface area contributed by atoms with Gasteiger partial charge >= 0.3 is 5.97 Å². The average Bonchev–Trinajstić information content (AvgIpc) is 2.55. The van der Waals surface area contributed by atoms with Crippen LogP contribution in [0.3, 0.4) is 0 Å². The molecule has 0 aliphatic rings. The maximum atomic E-state index is 12.3. The molecule has 4 nitrogen and oxygen atoms in total. The summed E-state index contributed by atoms with van der Waals surface area (Å²) in [5.74, 6) is 0.348. The average molecular weight is 326 g/mol. The Morgan fingerprint density at radius 1 is 1.21 bits per heavy atom. The van der Waals surface area contributed by atoms with Crippen LogP contribution in [0, 0.1) is 5.41 Å². The van der Waals surface area contributed by atoms with Gasteiger partial charge in [0, 0.05) is 5.56 Å².